The number of sulfonamides is 1. The van der Waals surface area contributed by atoms with E-state index in [1.165, 1.54) is 18.5 Å². The summed E-state index contributed by atoms with van der Waals surface area (Å²) in [5.74, 6) is 0.0915. The predicted octanol–water partition coefficient (Wildman–Crippen LogP) is 0.701. The van der Waals surface area contributed by atoms with Gasteiger partial charge < -0.3 is 10.2 Å². The van der Waals surface area contributed by atoms with E-state index in [1.54, 1.807) is 6.07 Å². The van der Waals surface area contributed by atoms with Crippen molar-refractivity contribution in [1.82, 2.24) is 9.71 Å². The molecule has 1 heterocycles. The molecule has 7 heteroatoms. The average Bonchev–Trinajstić information content (AvgIpc) is 2.83. The lowest BCUT2D eigenvalue weighted by Gasteiger charge is -2.10. The van der Waals surface area contributed by atoms with Crippen LogP contribution in [0, 0.1) is 5.92 Å². The molecular weight excluding hydrogens is 254 g/mol. The summed E-state index contributed by atoms with van der Waals surface area (Å²) < 4.78 is 31.6. The third-order valence-corrected chi connectivity index (χ3v) is 4.06. The van der Waals surface area contributed by atoms with Crippen molar-refractivity contribution in [3.8, 4) is 0 Å². The highest BCUT2D eigenvalue weighted by molar-refractivity contribution is 7.89. The molecule has 98 valence electrons. The van der Waals surface area contributed by atoms with Crippen LogP contribution in [-0.2, 0) is 10.0 Å². The molecule has 1 atom stereocenters. The van der Waals surface area contributed by atoms with Gasteiger partial charge in [-0.05, 0) is 24.6 Å². The number of aromatic nitrogens is 1. The SMILES string of the molecule is CC(CN)CNS(=O)(=O)c1ccc2ncoc2c1. The monoisotopic (exact) mass is 269 g/mol. The minimum Gasteiger partial charge on any atom is -0.443 e. The highest BCUT2D eigenvalue weighted by Crippen LogP contribution is 2.17. The van der Waals surface area contributed by atoms with Crippen LogP contribution in [0.5, 0.6) is 0 Å². The Labute approximate surface area is 105 Å². The fourth-order valence-corrected chi connectivity index (χ4v) is 2.60. The van der Waals surface area contributed by atoms with Gasteiger partial charge in [0.25, 0.3) is 0 Å². The van der Waals surface area contributed by atoms with E-state index in [1.807, 2.05) is 6.92 Å². The lowest BCUT2D eigenvalue weighted by Crippen LogP contribution is -2.31. The lowest BCUT2D eigenvalue weighted by molar-refractivity contribution is 0.544. The van der Waals surface area contributed by atoms with E-state index in [-0.39, 0.29) is 10.8 Å². The Morgan fingerprint density at radius 1 is 1.50 bits per heavy atom. The fraction of sp³-hybridized carbons (Fsp3) is 0.364. The quantitative estimate of drug-likeness (QED) is 0.832. The zero-order chi connectivity index (χ0) is 13.2. The second kappa shape index (κ2) is 5.05. The molecule has 0 saturated carbocycles. The summed E-state index contributed by atoms with van der Waals surface area (Å²) in [5, 5.41) is 0. The average molecular weight is 269 g/mol. The van der Waals surface area contributed by atoms with Gasteiger partial charge in [-0.15, -0.1) is 0 Å². The summed E-state index contributed by atoms with van der Waals surface area (Å²) in [5.41, 5.74) is 6.52. The molecule has 0 spiro atoms. The van der Waals surface area contributed by atoms with Crippen molar-refractivity contribution >= 4 is 21.1 Å². The maximum Gasteiger partial charge on any atom is 0.240 e. The Morgan fingerprint density at radius 2 is 2.28 bits per heavy atom. The van der Waals surface area contributed by atoms with E-state index in [2.05, 4.69) is 9.71 Å². The minimum atomic E-state index is -3.53. The molecule has 0 radical (unpaired) electrons. The largest absolute Gasteiger partial charge is 0.443 e. The standard InChI is InChI=1S/C11H15N3O3S/c1-8(5-12)6-14-18(15,16)9-2-3-10-11(4-9)17-7-13-10/h2-4,7-8,14H,5-6,12H2,1H3. The summed E-state index contributed by atoms with van der Waals surface area (Å²) in [6.07, 6.45) is 1.28. The molecule has 2 rings (SSSR count). The number of rotatable bonds is 5. The van der Waals surface area contributed by atoms with Crippen molar-refractivity contribution in [2.75, 3.05) is 13.1 Å². The Kier molecular flexibility index (Phi) is 3.65. The molecule has 1 unspecified atom stereocenters. The van der Waals surface area contributed by atoms with Crippen LogP contribution in [0.15, 0.2) is 33.9 Å². The van der Waals surface area contributed by atoms with Crippen LogP contribution in [0.4, 0.5) is 0 Å². The van der Waals surface area contributed by atoms with Gasteiger partial charge in [-0.1, -0.05) is 6.92 Å². The molecule has 0 aliphatic carbocycles. The van der Waals surface area contributed by atoms with Gasteiger partial charge in [0.05, 0.1) is 4.90 Å². The summed E-state index contributed by atoms with van der Waals surface area (Å²) in [6, 6.07) is 4.57. The molecule has 1 aromatic carbocycles. The molecule has 0 amide bonds. The van der Waals surface area contributed by atoms with Crippen LogP contribution in [0.2, 0.25) is 0 Å². The van der Waals surface area contributed by atoms with Crippen LogP contribution in [-0.4, -0.2) is 26.5 Å². The number of nitrogens with two attached hydrogens (primary N) is 1. The molecule has 0 bridgehead atoms. The lowest BCUT2D eigenvalue weighted by atomic mass is 10.2. The van der Waals surface area contributed by atoms with Crippen LogP contribution in [0.25, 0.3) is 11.1 Å². The second-order valence-electron chi connectivity index (χ2n) is 4.17. The summed E-state index contributed by atoms with van der Waals surface area (Å²) in [7, 11) is -3.53. The van der Waals surface area contributed by atoms with E-state index < -0.39 is 10.0 Å². The first-order chi connectivity index (χ1) is 8.53. The van der Waals surface area contributed by atoms with Gasteiger partial charge in [0.2, 0.25) is 10.0 Å². The molecule has 0 saturated heterocycles. The van der Waals surface area contributed by atoms with Crippen LogP contribution in [0.3, 0.4) is 0 Å². The van der Waals surface area contributed by atoms with E-state index in [9.17, 15) is 8.42 Å². The van der Waals surface area contributed by atoms with Crippen molar-refractivity contribution in [1.29, 1.82) is 0 Å². The zero-order valence-electron chi connectivity index (χ0n) is 9.96. The van der Waals surface area contributed by atoms with E-state index >= 15 is 0 Å². The third kappa shape index (κ3) is 2.69. The molecule has 1 aromatic heterocycles. The number of hydrogen-bond acceptors (Lipinski definition) is 5. The predicted molar refractivity (Wildman–Crippen MR) is 67.4 cm³/mol. The normalized spacial score (nSPS) is 13.9. The fourth-order valence-electron chi connectivity index (χ4n) is 1.42. The van der Waals surface area contributed by atoms with Gasteiger partial charge in [0.1, 0.15) is 5.52 Å². The van der Waals surface area contributed by atoms with Crippen molar-refractivity contribution in [2.24, 2.45) is 11.7 Å². The molecular formula is C11H15N3O3S. The zero-order valence-corrected chi connectivity index (χ0v) is 10.8. The van der Waals surface area contributed by atoms with Gasteiger partial charge in [0.15, 0.2) is 12.0 Å². The van der Waals surface area contributed by atoms with E-state index in [4.69, 9.17) is 10.2 Å². The third-order valence-electron chi connectivity index (χ3n) is 2.64. The number of benzene rings is 1. The Balaban J connectivity index is 2.23. The first kappa shape index (κ1) is 13.0. The smallest absolute Gasteiger partial charge is 0.240 e. The van der Waals surface area contributed by atoms with Gasteiger partial charge in [-0.25, -0.2) is 18.1 Å². The number of oxazole rings is 1. The van der Waals surface area contributed by atoms with Crippen LogP contribution < -0.4 is 10.5 Å². The molecule has 0 aliphatic rings. The molecule has 0 fully saturated rings. The topological polar surface area (TPSA) is 98.2 Å². The van der Waals surface area contributed by atoms with Gasteiger partial charge >= 0.3 is 0 Å². The highest BCUT2D eigenvalue weighted by atomic mass is 32.2. The van der Waals surface area contributed by atoms with E-state index in [0.717, 1.165) is 0 Å². The van der Waals surface area contributed by atoms with Gasteiger partial charge in [-0.2, -0.15) is 0 Å². The number of fused-ring (bicyclic) bond motifs is 1. The molecule has 6 nitrogen and oxygen atoms in total. The summed E-state index contributed by atoms with van der Waals surface area (Å²) in [6.45, 7) is 2.62. The second-order valence-corrected chi connectivity index (χ2v) is 5.94. The molecule has 18 heavy (non-hydrogen) atoms. The number of hydrogen-bond donors (Lipinski definition) is 2. The van der Waals surface area contributed by atoms with Crippen molar-refractivity contribution in [3.63, 3.8) is 0 Å². The first-order valence-electron chi connectivity index (χ1n) is 5.56. The molecule has 2 aromatic rings. The van der Waals surface area contributed by atoms with Crippen LogP contribution >= 0.6 is 0 Å². The van der Waals surface area contributed by atoms with Crippen molar-refractivity contribution < 1.29 is 12.8 Å². The van der Waals surface area contributed by atoms with Crippen LogP contribution in [0.1, 0.15) is 6.92 Å². The van der Waals surface area contributed by atoms with E-state index in [0.29, 0.717) is 24.2 Å². The minimum absolute atomic E-state index is 0.0915. The Morgan fingerprint density at radius 3 is 3.00 bits per heavy atom. The van der Waals surface area contributed by atoms with Crippen molar-refractivity contribution in [3.05, 3.63) is 24.6 Å². The number of nitrogens with zero attached hydrogens (tertiary/aromatic N) is 1. The first-order valence-corrected chi connectivity index (χ1v) is 7.04. The van der Waals surface area contributed by atoms with Gasteiger partial charge in [0, 0.05) is 12.6 Å². The number of nitrogens with one attached hydrogen (secondary N) is 1. The van der Waals surface area contributed by atoms with Crippen molar-refractivity contribution in [2.45, 2.75) is 11.8 Å². The maximum atomic E-state index is 12.0. The summed E-state index contributed by atoms with van der Waals surface area (Å²) >= 11 is 0. The Hall–Kier alpha value is -1.44. The Bertz CT molecular complexity index is 636. The maximum absolute atomic E-state index is 12.0. The van der Waals surface area contributed by atoms with Gasteiger partial charge in [-0.3, -0.25) is 0 Å². The highest BCUT2D eigenvalue weighted by Gasteiger charge is 2.16. The molecule has 0 aliphatic heterocycles. The molecule has 3 N–H and O–H groups in total. The summed E-state index contributed by atoms with van der Waals surface area (Å²) in [4.78, 5) is 4.09.